The SMILES string of the molecule is [CH]1OCCC1c1ccccc1. The molecule has 1 aromatic carbocycles. The Kier molecular flexibility index (Phi) is 1.91. The van der Waals surface area contributed by atoms with Crippen molar-refractivity contribution in [3.05, 3.63) is 42.5 Å². The molecule has 0 N–H and O–H groups in total. The Hall–Kier alpha value is -0.820. The van der Waals surface area contributed by atoms with Gasteiger partial charge in [-0.25, -0.2) is 0 Å². The van der Waals surface area contributed by atoms with Gasteiger partial charge in [0.1, 0.15) is 0 Å². The summed E-state index contributed by atoms with van der Waals surface area (Å²) in [6, 6.07) is 10.5. The van der Waals surface area contributed by atoms with Crippen LogP contribution in [0, 0.1) is 6.61 Å². The van der Waals surface area contributed by atoms with Gasteiger partial charge in [0, 0.05) is 12.5 Å². The summed E-state index contributed by atoms with van der Waals surface area (Å²) in [5.74, 6) is 0.524. The molecule has 1 heterocycles. The molecule has 1 aliphatic rings. The summed E-state index contributed by atoms with van der Waals surface area (Å²) in [4.78, 5) is 0. The molecular weight excluding hydrogens is 136 g/mol. The highest BCUT2D eigenvalue weighted by Crippen LogP contribution is 2.27. The minimum absolute atomic E-state index is 0.524. The molecule has 1 heteroatoms. The van der Waals surface area contributed by atoms with Crippen molar-refractivity contribution in [1.82, 2.24) is 0 Å². The standard InChI is InChI=1S/C10H11O/c1-2-4-9(5-3-1)10-6-7-11-8-10/h1-5,8,10H,6-7H2. The van der Waals surface area contributed by atoms with Gasteiger partial charge < -0.3 is 4.74 Å². The first-order valence-corrected chi connectivity index (χ1v) is 3.97. The second-order valence-electron chi connectivity index (χ2n) is 2.81. The number of ether oxygens (including phenoxy) is 1. The Morgan fingerprint density at radius 3 is 2.64 bits per heavy atom. The smallest absolute Gasteiger partial charge is 0.0911 e. The molecule has 0 aromatic heterocycles. The Morgan fingerprint density at radius 1 is 1.18 bits per heavy atom. The molecule has 1 fully saturated rings. The van der Waals surface area contributed by atoms with Gasteiger partial charge in [-0.15, -0.1) is 0 Å². The van der Waals surface area contributed by atoms with Crippen LogP contribution in [0.5, 0.6) is 0 Å². The van der Waals surface area contributed by atoms with Gasteiger partial charge >= 0.3 is 0 Å². The number of hydrogen-bond acceptors (Lipinski definition) is 1. The molecule has 2 rings (SSSR count). The second-order valence-corrected chi connectivity index (χ2v) is 2.81. The first-order chi connectivity index (χ1) is 5.47. The zero-order valence-electron chi connectivity index (χ0n) is 6.36. The molecule has 1 unspecified atom stereocenters. The fraction of sp³-hybridized carbons (Fsp3) is 0.300. The number of benzene rings is 1. The molecule has 0 bridgehead atoms. The van der Waals surface area contributed by atoms with Crippen molar-refractivity contribution >= 4 is 0 Å². The van der Waals surface area contributed by atoms with E-state index in [1.807, 2.05) is 12.7 Å². The van der Waals surface area contributed by atoms with Crippen LogP contribution in [0.25, 0.3) is 0 Å². The van der Waals surface area contributed by atoms with Gasteiger partial charge in [-0.05, 0) is 12.0 Å². The summed E-state index contributed by atoms with van der Waals surface area (Å²) in [6.45, 7) is 2.81. The fourth-order valence-corrected chi connectivity index (χ4v) is 1.39. The molecule has 1 nitrogen and oxygen atoms in total. The molecule has 0 aliphatic carbocycles. The lowest BCUT2D eigenvalue weighted by atomic mass is 9.99. The van der Waals surface area contributed by atoms with E-state index in [9.17, 15) is 0 Å². The summed E-state index contributed by atoms with van der Waals surface area (Å²) in [5.41, 5.74) is 1.37. The third kappa shape index (κ3) is 1.43. The summed E-state index contributed by atoms with van der Waals surface area (Å²) in [5, 5.41) is 0. The van der Waals surface area contributed by atoms with Crippen molar-refractivity contribution in [3.63, 3.8) is 0 Å². The molecule has 0 amide bonds. The minimum atomic E-state index is 0.524. The van der Waals surface area contributed by atoms with Gasteiger partial charge in [-0.3, -0.25) is 0 Å². The summed E-state index contributed by atoms with van der Waals surface area (Å²) >= 11 is 0. The Morgan fingerprint density at radius 2 is 2.00 bits per heavy atom. The Bertz CT molecular complexity index is 212. The van der Waals surface area contributed by atoms with E-state index >= 15 is 0 Å². The zero-order chi connectivity index (χ0) is 7.52. The highest BCUT2D eigenvalue weighted by molar-refractivity contribution is 5.21. The second kappa shape index (κ2) is 3.05. The van der Waals surface area contributed by atoms with Gasteiger partial charge in [-0.1, -0.05) is 30.3 Å². The minimum Gasteiger partial charge on any atom is -0.375 e. The highest BCUT2D eigenvalue weighted by Gasteiger charge is 2.17. The van der Waals surface area contributed by atoms with Crippen LogP contribution in [0.3, 0.4) is 0 Å². The van der Waals surface area contributed by atoms with Crippen molar-refractivity contribution in [2.24, 2.45) is 0 Å². The van der Waals surface area contributed by atoms with E-state index in [0.717, 1.165) is 13.0 Å². The molecule has 1 radical (unpaired) electrons. The number of hydrogen-bond donors (Lipinski definition) is 0. The lowest BCUT2D eigenvalue weighted by Crippen LogP contribution is -1.91. The van der Waals surface area contributed by atoms with E-state index in [0.29, 0.717) is 5.92 Å². The van der Waals surface area contributed by atoms with Crippen LogP contribution in [0.1, 0.15) is 17.9 Å². The van der Waals surface area contributed by atoms with Gasteiger partial charge in [0.25, 0.3) is 0 Å². The summed E-state index contributed by atoms with van der Waals surface area (Å²) in [7, 11) is 0. The van der Waals surface area contributed by atoms with Crippen LogP contribution in [0.2, 0.25) is 0 Å². The van der Waals surface area contributed by atoms with Crippen LogP contribution < -0.4 is 0 Å². The van der Waals surface area contributed by atoms with E-state index in [1.54, 1.807) is 0 Å². The third-order valence-corrected chi connectivity index (χ3v) is 2.03. The first-order valence-electron chi connectivity index (χ1n) is 3.97. The molecule has 57 valence electrons. The van der Waals surface area contributed by atoms with Crippen LogP contribution >= 0.6 is 0 Å². The lowest BCUT2D eigenvalue weighted by Gasteiger charge is -2.05. The molecule has 1 aromatic rings. The monoisotopic (exact) mass is 147 g/mol. The molecule has 0 saturated carbocycles. The van der Waals surface area contributed by atoms with Crippen molar-refractivity contribution in [2.75, 3.05) is 6.61 Å². The van der Waals surface area contributed by atoms with E-state index in [-0.39, 0.29) is 0 Å². The normalized spacial score (nSPS) is 23.8. The van der Waals surface area contributed by atoms with Gasteiger partial charge in [0.2, 0.25) is 0 Å². The van der Waals surface area contributed by atoms with Crippen LogP contribution in [0.15, 0.2) is 30.3 Å². The van der Waals surface area contributed by atoms with Gasteiger partial charge in [-0.2, -0.15) is 0 Å². The van der Waals surface area contributed by atoms with E-state index in [1.165, 1.54) is 5.56 Å². The van der Waals surface area contributed by atoms with E-state index in [2.05, 4.69) is 24.3 Å². The average molecular weight is 147 g/mol. The zero-order valence-corrected chi connectivity index (χ0v) is 6.36. The maximum Gasteiger partial charge on any atom is 0.0911 e. The molecule has 1 aliphatic heterocycles. The molecular formula is C10H11O. The van der Waals surface area contributed by atoms with Crippen LogP contribution in [-0.2, 0) is 4.74 Å². The lowest BCUT2D eigenvalue weighted by molar-refractivity contribution is 0.252. The molecule has 0 spiro atoms. The fourth-order valence-electron chi connectivity index (χ4n) is 1.39. The predicted octanol–water partition coefficient (Wildman–Crippen LogP) is 2.35. The Balaban J connectivity index is 2.16. The topological polar surface area (TPSA) is 9.23 Å². The summed E-state index contributed by atoms with van der Waals surface area (Å²) < 4.78 is 5.19. The number of rotatable bonds is 1. The maximum atomic E-state index is 5.19. The Labute approximate surface area is 67.0 Å². The van der Waals surface area contributed by atoms with Crippen molar-refractivity contribution in [2.45, 2.75) is 12.3 Å². The van der Waals surface area contributed by atoms with Crippen molar-refractivity contribution in [1.29, 1.82) is 0 Å². The molecule has 11 heavy (non-hydrogen) atoms. The maximum absolute atomic E-state index is 5.19. The third-order valence-electron chi connectivity index (χ3n) is 2.03. The van der Waals surface area contributed by atoms with Crippen molar-refractivity contribution in [3.8, 4) is 0 Å². The summed E-state index contributed by atoms with van der Waals surface area (Å²) in [6.07, 6.45) is 1.13. The van der Waals surface area contributed by atoms with Crippen LogP contribution in [-0.4, -0.2) is 6.61 Å². The van der Waals surface area contributed by atoms with Crippen molar-refractivity contribution < 1.29 is 4.74 Å². The van der Waals surface area contributed by atoms with Crippen LogP contribution in [0.4, 0.5) is 0 Å². The van der Waals surface area contributed by atoms with Gasteiger partial charge in [0.15, 0.2) is 0 Å². The average Bonchev–Trinajstić information content (AvgIpc) is 2.58. The molecule has 1 saturated heterocycles. The van der Waals surface area contributed by atoms with E-state index in [4.69, 9.17) is 4.74 Å². The van der Waals surface area contributed by atoms with E-state index < -0.39 is 0 Å². The highest BCUT2D eigenvalue weighted by atomic mass is 16.5. The molecule has 1 atom stereocenters. The van der Waals surface area contributed by atoms with Gasteiger partial charge in [0.05, 0.1) is 6.61 Å². The largest absolute Gasteiger partial charge is 0.375 e. The predicted molar refractivity (Wildman–Crippen MR) is 44.1 cm³/mol. The quantitative estimate of drug-likeness (QED) is 0.592. The first kappa shape index (κ1) is 6.86.